The Hall–Kier alpha value is -2.34. The second-order valence-corrected chi connectivity index (χ2v) is 6.75. The molecule has 0 aliphatic rings. The summed E-state index contributed by atoms with van der Waals surface area (Å²) in [5.74, 6) is 0.429. The molecule has 6 heteroatoms. The third-order valence-corrected chi connectivity index (χ3v) is 4.16. The van der Waals surface area contributed by atoms with Crippen molar-refractivity contribution in [1.29, 1.82) is 0 Å². The highest BCUT2D eigenvalue weighted by atomic mass is 79.9. The first-order valence-electron chi connectivity index (χ1n) is 7.90. The van der Waals surface area contributed by atoms with Gasteiger partial charge in [-0.05, 0) is 72.2 Å². The maximum absolute atomic E-state index is 12.4. The highest BCUT2D eigenvalue weighted by Crippen LogP contribution is 2.27. The summed E-state index contributed by atoms with van der Waals surface area (Å²) in [4.78, 5) is 25.3. The standard InChI is InChI=1S/C19H21BrN2O3/c1-12(2)25-18-10-5-14(11-17(18)20)19(24)21-15-6-8-16(9-7-15)22(4)13(3)23/h5-12H,1-4H3,(H,21,24). The zero-order chi connectivity index (χ0) is 18.6. The molecule has 0 fully saturated rings. The Balaban J connectivity index is 2.09. The second kappa shape index (κ2) is 8.16. The average Bonchev–Trinajstić information content (AvgIpc) is 2.56. The van der Waals surface area contributed by atoms with Crippen LogP contribution < -0.4 is 15.0 Å². The molecule has 2 rings (SSSR count). The van der Waals surface area contributed by atoms with Crippen LogP contribution in [0.4, 0.5) is 11.4 Å². The molecule has 0 bridgehead atoms. The Kier molecular flexibility index (Phi) is 6.20. The minimum Gasteiger partial charge on any atom is -0.490 e. The van der Waals surface area contributed by atoms with E-state index in [0.29, 0.717) is 17.0 Å². The zero-order valence-electron chi connectivity index (χ0n) is 14.7. The summed E-state index contributed by atoms with van der Waals surface area (Å²) in [6.07, 6.45) is 0.0580. The van der Waals surface area contributed by atoms with E-state index >= 15 is 0 Å². The summed E-state index contributed by atoms with van der Waals surface area (Å²) >= 11 is 3.43. The van der Waals surface area contributed by atoms with Gasteiger partial charge in [-0.2, -0.15) is 0 Å². The zero-order valence-corrected chi connectivity index (χ0v) is 16.3. The number of carbonyl (C=O) groups is 2. The summed E-state index contributed by atoms with van der Waals surface area (Å²) in [5, 5.41) is 2.84. The van der Waals surface area contributed by atoms with E-state index in [2.05, 4.69) is 21.2 Å². The smallest absolute Gasteiger partial charge is 0.255 e. The summed E-state index contributed by atoms with van der Waals surface area (Å²) < 4.78 is 6.37. The van der Waals surface area contributed by atoms with Gasteiger partial charge in [0.25, 0.3) is 5.91 Å². The number of hydrogen-bond donors (Lipinski definition) is 1. The number of nitrogens with zero attached hydrogens (tertiary/aromatic N) is 1. The highest BCUT2D eigenvalue weighted by molar-refractivity contribution is 9.10. The molecule has 0 aliphatic heterocycles. The van der Waals surface area contributed by atoms with Crippen LogP contribution in [0.15, 0.2) is 46.9 Å². The van der Waals surface area contributed by atoms with Crippen molar-refractivity contribution in [2.45, 2.75) is 26.9 Å². The molecular weight excluding hydrogens is 384 g/mol. The van der Waals surface area contributed by atoms with Crippen molar-refractivity contribution in [2.75, 3.05) is 17.3 Å². The van der Waals surface area contributed by atoms with E-state index in [4.69, 9.17) is 4.74 Å². The van der Waals surface area contributed by atoms with E-state index in [1.165, 1.54) is 11.8 Å². The van der Waals surface area contributed by atoms with Crippen LogP contribution >= 0.6 is 15.9 Å². The van der Waals surface area contributed by atoms with Gasteiger partial charge in [-0.3, -0.25) is 9.59 Å². The SMILES string of the molecule is CC(=O)N(C)c1ccc(NC(=O)c2ccc(OC(C)C)c(Br)c2)cc1. The first kappa shape index (κ1) is 19.0. The van der Waals surface area contributed by atoms with Crippen molar-refractivity contribution in [2.24, 2.45) is 0 Å². The summed E-state index contributed by atoms with van der Waals surface area (Å²) in [6, 6.07) is 12.3. The number of nitrogens with one attached hydrogen (secondary N) is 1. The predicted octanol–water partition coefficient (Wildman–Crippen LogP) is 4.47. The average molecular weight is 405 g/mol. The Morgan fingerprint density at radius 2 is 1.76 bits per heavy atom. The predicted molar refractivity (Wildman–Crippen MR) is 103 cm³/mol. The molecule has 132 valence electrons. The van der Waals surface area contributed by atoms with E-state index in [-0.39, 0.29) is 17.9 Å². The van der Waals surface area contributed by atoms with Gasteiger partial charge in [-0.25, -0.2) is 0 Å². The first-order chi connectivity index (χ1) is 11.8. The number of benzene rings is 2. The van der Waals surface area contributed by atoms with Gasteiger partial charge in [0.1, 0.15) is 5.75 Å². The van der Waals surface area contributed by atoms with Crippen LogP contribution in [-0.2, 0) is 4.79 Å². The molecule has 2 aromatic carbocycles. The number of ether oxygens (including phenoxy) is 1. The van der Waals surface area contributed by atoms with Gasteiger partial charge in [-0.1, -0.05) is 0 Å². The Labute approximate surface area is 156 Å². The number of halogens is 1. The van der Waals surface area contributed by atoms with Crippen LogP contribution in [-0.4, -0.2) is 25.0 Å². The van der Waals surface area contributed by atoms with Crippen LogP contribution in [0.2, 0.25) is 0 Å². The lowest BCUT2D eigenvalue weighted by Gasteiger charge is -2.15. The van der Waals surface area contributed by atoms with Crippen LogP contribution in [0.1, 0.15) is 31.1 Å². The molecule has 2 amide bonds. The lowest BCUT2D eigenvalue weighted by atomic mass is 10.2. The molecule has 0 unspecified atom stereocenters. The lowest BCUT2D eigenvalue weighted by Crippen LogP contribution is -2.22. The van der Waals surface area contributed by atoms with E-state index < -0.39 is 0 Å². The third kappa shape index (κ3) is 5.06. The van der Waals surface area contributed by atoms with Crippen LogP contribution in [0, 0.1) is 0 Å². The Morgan fingerprint density at radius 1 is 1.12 bits per heavy atom. The molecule has 0 saturated carbocycles. The van der Waals surface area contributed by atoms with Crippen molar-refractivity contribution in [3.63, 3.8) is 0 Å². The van der Waals surface area contributed by atoms with Gasteiger partial charge >= 0.3 is 0 Å². The molecule has 0 radical (unpaired) electrons. The molecule has 2 aromatic rings. The molecule has 1 N–H and O–H groups in total. The molecule has 25 heavy (non-hydrogen) atoms. The maximum atomic E-state index is 12.4. The number of carbonyl (C=O) groups excluding carboxylic acids is 2. The van der Waals surface area contributed by atoms with Crippen molar-refractivity contribution >= 4 is 39.1 Å². The summed E-state index contributed by atoms with van der Waals surface area (Å²) in [7, 11) is 1.70. The van der Waals surface area contributed by atoms with Crippen molar-refractivity contribution in [3.05, 3.63) is 52.5 Å². The summed E-state index contributed by atoms with van der Waals surface area (Å²) in [6.45, 7) is 5.39. The molecule has 0 heterocycles. The van der Waals surface area contributed by atoms with E-state index in [1.54, 1.807) is 49.5 Å². The summed E-state index contributed by atoms with van der Waals surface area (Å²) in [5.41, 5.74) is 1.95. The van der Waals surface area contributed by atoms with E-state index in [0.717, 1.165) is 10.2 Å². The van der Waals surface area contributed by atoms with Crippen LogP contribution in [0.3, 0.4) is 0 Å². The molecule has 0 aliphatic carbocycles. The van der Waals surface area contributed by atoms with Gasteiger partial charge in [0, 0.05) is 30.9 Å². The minimum atomic E-state index is -0.218. The molecule has 0 aromatic heterocycles. The van der Waals surface area contributed by atoms with Crippen LogP contribution in [0.5, 0.6) is 5.75 Å². The fraction of sp³-hybridized carbons (Fsp3) is 0.263. The molecule has 0 saturated heterocycles. The monoisotopic (exact) mass is 404 g/mol. The van der Waals surface area contributed by atoms with Crippen molar-refractivity contribution in [1.82, 2.24) is 0 Å². The number of hydrogen-bond acceptors (Lipinski definition) is 3. The highest BCUT2D eigenvalue weighted by Gasteiger charge is 2.11. The van der Waals surface area contributed by atoms with Crippen molar-refractivity contribution < 1.29 is 14.3 Å². The Bertz CT molecular complexity index is 773. The number of anilines is 2. The third-order valence-electron chi connectivity index (χ3n) is 3.54. The van der Waals surface area contributed by atoms with Gasteiger partial charge in [0.15, 0.2) is 0 Å². The first-order valence-corrected chi connectivity index (χ1v) is 8.69. The van der Waals surface area contributed by atoms with Crippen molar-refractivity contribution in [3.8, 4) is 5.75 Å². The topological polar surface area (TPSA) is 58.6 Å². The largest absolute Gasteiger partial charge is 0.490 e. The Morgan fingerprint density at radius 3 is 2.28 bits per heavy atom. The quantitative estimate of drug-likeness (QED) is 0.799. The normalized spacial score (nSPS) is 10.5. The molecular formula is C19H21BrN2O3. The number of rotatable bonds is 5. The fourth-order valence-electron chi connectivity index (χ4n) is 2.15. The van der Waals surface area contributed by atoms with Gasteiger partial charge < -0.3 is 15.0 Å². The lowest BCUT2D eigenvalue weighted by molar-refractivity contribution is -0.116. The van der Waals surface area contributed by atoms with Crippen LogP contribution in [0.25, 0.3) is 0 Å². The van der Waals surface area contributed by atoms with E-state index in [1.807, 2.05) is 13.8 Å². The molecule has 5 nitrogen and oxygen atoms in total. The second-order valence-electron chi connectivity index (χ2n) is 5.89. The molecule has 0 atom stereocenters. The van der Waals surface area contributed by atoms with Gasteiger partial charge in [0.2, 0.25) is 5.91 Å². The minimum absolute atomic E-state index is 0.0506. The van der Waals surface area contributed by atoms with Gasteiger partial charge in [-0.15, -0.1) is 0 Å². The fourth-order valence-corrected chi connectivity index (χ4v) is 2.62. The van der Waals surface area contributed by atoms with Gasteiger partial charge in [0.05, 0.1) is 10.6 Å². The molecule has 0 spiro atoms. The maximum Gasteiger partial charge on any atom is 0.255 e. The number of amides is 2. The van der Waals surface area contributed by atoms with E-state index in [9.17, 15) is 9.59 Å².